The summed E-state index contributed by atoms with van der Waals surface area (Å²) >= 11 is 0. The molecule has 0 radical (unpaired) electrons. The molecule has 0 aliphatic carbocycles. The lowest BCUT2D eigenvalue weighted by atomic mass is 10.2. The standard InChI is InChI=1S/C12H17N5O3/c1-8-10(19-7-14-8)12-15-11(16-20-12)9(13)6-17-2-4-18-5-3-17/h7,9H,2-6,13H2,1H3. The van der Waals surface area contributed by atoms with Gasteiger partial charge in [-0.15, -0.1) is 0 Å². The average Bonchev–Trinajstić information content (AvgIpc) is 3.08. The molecule has 20 heavy (non-hydrogen) atoms. The topological polar surface area (TPSA) is 103 Å². The molecular weight excluding hydrogens is 262 g/mol. The van der Waals surface area contributed by atoms with Crippen LogP contribution in [0.1, 0.15) is 17.6 Å². The molecule has 1 atom stereocenters. The van der Waals surface area contributed by atoms with Gasteiger partial charge in [0.25, 0.3) is 5.89 Å². The number of morpholine rings is 1. The second kappa shape index (κ2) is 5.70. The Balaban J connectivity index is 1.68. The highest BCUT2D eigenvalue weighted by Crippen LogP contribution is 2.21. The Labute approximate surface area is 115 Å². The summed E-state index contributed by atoms with van der Waals surface area (Å²) in [6, 6.07) is -0.297. The minimum absolute atomic E-state index is 0.297. The minimum Gasteiger partial charge on any atom is -0.438 e. The molecule has 1 unspecified atom stereocenters. The normalized spacial score (nSPS) is 18.3. The molecule has 0 bridgehead atoms. The van der Waals surface area contributed by atoms with E-state index < -0.39 is 0 Å². The molecule has 2 aromatic heterocycles. The average molecular weight is 279 g/mol. The Kier molecular flexibility index (Phi) is 3.77. The Hall–Kier alpha value is -1.77. The first-order valence-corrected chi connectivity index (χ1v) is 6.54. The number of aromatic nitrogens is 3. The van der Waals surface area contributed by atoms with Crippen LogP contribution in [0, 0.1) is 6.92 Å². The van der Waals surface area contributed by atoms with Crippen LogP contribution < -0.4 is 5.73 Å². The van der Waals surface area contributed by atoms with E-state index in [-0.39, 0.29) is 6.04 Å². The highest BCUT2D eigenvalue weighted by atomic mass is 16.5. The second-order valence-electron chi connectivity index (χ2n) is 4.74. The lowest BCUT2D eigenvalue weighted by Gasteiger charge is -2.27. The Morgan fingerprint density at radius 3 is 2.90 bits per heavy atom. The lowest BCUT2D eigenvalue weighted by molar-refractivity contribution is 0.0348. The largest absolute Gasteiger partial charge is 0.438 e. The van der Waals surface area contributed by atoms with E-state index in [1.54, 1.807) is 0 Å². The summed E-state index contributed by atoms with van der Waals surface area (Å²) in [4.78, 5) is 10.5. The molecule has 2 aromatic rings. The summed E-state index contributed by atoms with van der Waals surface area (Å²) < 4.78 is 15.7. The number of hydrogen-bond acceptors (Lipinski definition) is 8. The van der Waals surface area contributed by atoms with Crippen molar-refractivity contribution in [3.63, 3.8) is 0 Å². The molecule has 3 rings (SSSR count). The van der Waals surface area contributed by atoms with Crippen molar-refractivity contribution in [2.24, 2.45) is 5.73 Å². The summed E-state index contributed by atoms with van der Waals surface area (Å²) in [7, 11) is 0. The van der Waals surface area contributed by atoms with Crippen molar-refractivity contribution in [3.8, 4) is 11.7 Å². The second-order valence-corrected chi connectivity index (χ2v) is 4.74. The van der Waals surface area contributed by atoms with E-state index >= 15 is 0 Å². The molecule has 1 aliphatic rings. The molecule has 0 spiro atoms. The van der Waals surface area contributed by atoms with Crippen LogP contribution in [0.5, 0.6) is 0 Å². The van der Waals surface area contributed by atoms with E-state index in [0.717, 1.165) is 26.3 Å². The van der Waals surface area contributed by atoms with E-state index in [1.165, 1.54) is 6.39 Å². The minimum atomic E-state index is -0.297. The Morgan fingerprint density at radius 2 is 2.20 bits per heavy atom. The van der Waals surface area contributed by atoms with Gasteiger partial charge in [-0.3, -0.25) is 4.90 Å². The molecule has 108 valence electrons. The van der Waals surface area contributed by atoms with Crippen LogP contribution in [0.2, 0.25) is 0 Å². The summed E-state index contributed by atoms with van der Waals surface area (Å²) in [6.07, 6.45) is 1.35. The van der Waals surface area contributed by atoms with Crippen LogP contribution in [-0.2, 0) is 4.74 Å². The molecule has 0 amide bonds. The van der Waals surface area contributed by atoms with Crippen LogP contribution in [0.15, 0.2) is 15.3 Å². The molecule has 1 saturated heterocycles. The van der Waals surface area contributed by atoms with Crippen LogP contribution in [0.25, 0.3) is 11.7 Å². The van der Waals surface area contributed by atoms with Gasteiger partial charge in [0.1, 0.15) is 0 Å². The van der Waals surface area contributed by atoms with Crippen LogP contribution in [-0.4, -0.2) is 52.9 Å². The van der Waals surface area contributed by atoms with Gasteiger partial charge in [0.2, 0.25) is 5.76 Å². The predicted octanol–water partition coefficient (Wildman–Crippen LogP) is 0.365. The number of rotatable bonds is 4. The lowest BCUT2D eigenvalue weighted by Crippen LogP contribution is -2.40. The third-order valence-corrected chi connectivity index (χ3v) is 3.27. The highest BCUT2D eigenvalue weighted by molar-refractivity contribution is 5.46. The van der Waals surface area contributed by atoms with Crippen molar-refractivity contribution >= 4 is 0 Å². The summed E-state index contributed by atoms with van der Waals surface area (Å²) in [5.74, 6) is 1.28. The predicted molar refractivity (Wildman–Crippen MR) is 68.7 cm³/mol. The number of ether oxygens (including phenoxy) is 1. The molecule has 8 heteroatoms. The Morgan fingerprint density at radius 1 is 1.40 bits per heavy atom. The van der Waals surface area contributed by atoms with Gasteiger partial charge in [-0.2, -0.15) is 4.98 Å². The van der Waals surface area contributed by atoms with Gasteiger partial charge >= 0.3 is 0 Å². The van der Waals surface area contributed by atoms with Gasteiger partial charge in [-0.05, 0) is 6.92 Å². The molecule has 8 nitrogen and oxygen atoms in total. The highest BCUT2D eigenvalue weighted by Gasteiger charge is 2.21. The van der Waals surface area contributed by atoms with E-state index in [2.05, 4.69) is 20.0 Å². The smallest absolute Gasteiger partial charge is 0.295 e. The van der Waals surface area contributed by atoms with Crippen molar-refractivity contribution in [1.29, 1.82) is 0 Å². The third-order valence-electron chi connectivity index (χ3n) is 3.27. The van der Waals surface area contributed by atoms with Crippen molar-refractivity contribution in [2.75, 3.05) is 32.8 Å². The summed E-state index contributed by atoms with van der Waals surface area (Å²) in [5, 5.41) is 3.92. The van der Waals surface area contributed by atoms with Crippen LogP contribution in [0.3, 0.4) is 0 Å². The first-order chi connectivity index (χ1) is 9.74. The molecule has 2 N–H and O–H groups in total. The van der Waals surface area contributed by atoms with Crippen molar-refractivity contribution < 1.29 is 13.7 Å². The summed E-state index contributed by atoms with van der Waals surface area (Å²) in [5.41, 5.74) is 6.83. The first-order valence-electron chi connectivity index (χ1n) is 6.54. The first kappa shape index (κ1) is 13.2. The molecule has 1 aliphatic heterocycles. The molecule has 3 heterocycles. The van der Waals surface area contributed by atoms with Crippen LogP contribution in [0.4, 0.5) is 0 Å². The molecular formula is C12H17N5O3. The quantitative estimate of drug-likeness (QED) is 0.855. The number of aryl methyl sites for hydroxylation is 1. The number of oxazole rings is 1. The molecule has 0 saturated carbocycles. The summed E-state index contributed by atoms with van der Waals surface area (Å²) in [6.45, 7) is 5.72. The Bertz CT molecular complexity index is 561. The number of hydrogen-bond donors (Lipinski definition) is 1. The van der Waals surface area contributed by atoms with E-state index in [0.29, 0.717) is 29.7 Å². The van der Waals surface area contributed by atoms with Gasteiger partial charge < -0.3 is 19.4 Å². The maximum absolute atomic E-state index is 6.12. The van der Waals surface area contributed by atoms with Crippen molar-refractivity contribution in [1.82, 2.24) is 20.0 Å². The monoisotopic (exact) mass is 279 g/mol. The number of nitrogens with two attached hydrogens (primary N) is 1. The van der Waals surface area contributed by atoms with Gasteiger partial charge in [-0.25, -0.2) is 4.98 Å². The van der Waals surface area contributed by atoms with E-state index in [9.17, 15) is 0 Å². The van der Waals surface area contributed by atoms with Gasteiger partial charge in [-0.1, -0.05) is 5.16 Å². The molecule has 0 aromatic carbocycles. The molecule has 1 fully saturated rings. The fourth-order valence-electron chi connectivity index (χ4n) is 2.13. The van der Waals surface area contributed by atoms with Gasteiger partial charge in [0.05, 0.1) is 24.9 Å². The maximum atomic E-state index is 6.12. The third kappa shape index (κ3) is 2.72. The SMILES string of the molecule is Cc1ncoc1-c1nc(C(N)CN2CCOCC2)no1. The maximum Gasteiger partial charge on any atom is 0.295 e. The van der Waals surface area contributed by atoms with E-state index in [1.807, 2.05) is 6.92 Å². The zero-order chi connectivity index (χ0) is 13.9. The van der Waals surface area contributed by atoms with Gasteiger partial charge in [0.15, 0.2) is 12.2 Å². The fourth-order valence-corrected chi connectivity index (χ4v) is 2.13. The fraction of sp³-hybridized carbons (Fsp3) is 0.583. The van der Waals surface area contributed by atoms with Crippen LogP contribution >= 0.6 is 0 Å². The van der Waals surface area contributed by atoms with Gasteiger partial charge in [0, 0.05) is 19.6 Å². The van der Waals surface area contributed by atoms with E-state index in [4.69, 9.17) is 19.4 Å². The zero-order valence-electron chi connectivity index (χ0n) is 11.3. The van der Waals surface area contributed by atoms with Crippen molar-refractivity contribution in [2.45, 2.75) is 13.0 Å². The van der Waals surface area contributed by atoms with Crippen molar-refractivity contribution in [3.05, 3.63) is 17.9 Å². The number of nitrogens with zero attached hydrogens (tertiary/aromatic N) is 4. The zero-order valence-corrected chi connectivity index (χ0v) is 11.3.